The summed E-state index contributed by atoms with van der Waals surface area (Å²) < 4.78 is 16.1. The number of hydrogen-bond donors (Lipinski definition) is 2. The lowest BCUT2D eigenvalue weighted by Gasteiger charge is -2.35. The first-order valence-corrected chi connectivity index (χ1v) is 16.2. The van der Waals surface area contributed by atoms with Gasteiger partial charge in [0.1, 0.15) is 5.76 Å². The first kappa shape index (κ1) is 33.8. The van der Waals surface area contributed by atoms with E-state index in [1.54, 1.807) is 38.5 Å². The Balaban J connectivity index is 1.57. The molecule has 3 aliphatic rings. The molecule has 0 fully saturated rings. The molecule has 3 amide bonds. The summed E-state index contributed by atoms with van der Waals surface area (Å²) in [5.41, 5.74) is 6.06. The summed E-state index contributed by atoms with van der Waals surface area (Å²) in [7, 11) is 4.44. The van der Waals surface area contributed by atoms with Crippen molar-refractivity contribution in [3.63, 3.8) is 0 Å². The van der Waals surface area contributed by atoms with Gasteiger partial charge in [0.15, 0.2) is 0 Å². The zero-order valence-corrected chi connectivity index (χ0v) is 28.2. The average molecular weight is 661 g/mol. The van der Waals surface area contributed by atoms with Crippen LogP contribution < -0.4 is 15.4 Å². The Hall–Kier alpha value is -4.57. The minimum Gasteiger partial charge on any atom is -0.495 e. The van der Waals surface area contributed by atoms with Crippen LogP contribution in [0.15, 0.2) is 76.1 Å². The molecule has 2 aromatic rings. The number of carbonyl (C=O) groups excluding carboxylic acids is 3. The van der Waals surface area contributed by atoms with Crippen LogP contribution in [0, 0.1) is 5.92 Å². The molecule has 2 atom stereocenters. The highest BCUT2D eigenvalue weighted by atomic mass is 35.5. The summed E-state index contributed by atoms with van der Waals surface area (Å²) in [6.07, 6.45) is 9.19. The lowest BCUT2D eigenvalue weighted by molar-refractivity contribution is -0.129. The van der Waals surface area contributed by atoms with Crippen molar-refractivity contribution in [2.45, 2.75) is 58.4 Å². The fourth-order valence-corrected chi connectivity index (χ4v) is 6.61. The molecule has 2 bridgehead atoms. The van der Waals surface area contributed by atoms with E-state index in [0.29, 0.717) is 71.5 Å². The van der Waals surface area contributed by atoms with Gasteiger partial charge in [0.25, 0.3) is 0 Å². The molecule has 10 nitrogen and oxygen atoms in total. The molecule has 47 heavy (non-hydrogen) atoms. The number of halogens is 1. The standard InChI is InChI=1S/C36H41ClN4O6/c1-21-9-6-7-11-27(37)34(46-4)33(21)23-15-16-41(32(42)19-23)30-12-8-10-22(2)35(43)40-28-20-25(38-36(44)47-5)13-14-26(28)24-17-29(30)39-31(18-24)45-3/h7,11,13-14,17-20,22,30H,6,8-10,12,15-16H2,1-5H3,(H,38,44)(H,40,43). The van der Waals surface area contributed by atoms with Crippen molar-refractivity contribution >= 4 is 40.9 Å². The van der Waals surface area contributed by atoms with Crippen molar-refractivity contribution in [1.29, 1.82) is 0 Å². The third-order valence-corrected chi connectivity index (χ3v) is 9.18. The maximum atomic E-state index is 14.0. The lowest BCUT2D eigenvalue weighted by Crippen LogP contribution is -2.38. The van der Waals surface area contributed by atoms with E-state index in [9.17, 15) is 14.4 Å². The number of benzene rings is 1. The fourth-order valence-electron chi connectivity index (χ4n) is 6.35. The number of rotatable bonds is 5. The highest BCUT2D eigenvalue weighted by Gasteiger charge is 2.32. The van der Waals surface area contributed by atoms with Gasteiger partial charge in [-0.3, -0.25) is 14.9 Å². The topological polar surface area (TPSA) is 119 Å². The van der Waals surface area contributed by atoms with Crippen molar-refractivity contribution in [2.24, 2.45) is 5.92 Å². The summed E-state index contributed by atoms with van der Waals surface area (Å²) in [6, 6.07) is 8.64. The molecule has 3 heterocycles. The average Bonchev–Trinajstić information content (AvgIpc) is 3.06. The number of hydrogen-bond acceptors (Lipinski definition) is 7. The van der Waals surface area contributed by atoms with Crippen LogP contribution in [0.5, 0.6) is 5.88 Å². The molecular weight excluding hydrogens is 620 g/mol. The molecule has 2 unspecified atom stereocenters. The van der Waals surface area contributed by atoms with Gasteiger partial charge < -0.3 is 24.4 Å². The van der Waals surface area contributed by atoms with Gasteiger partial charge >= 0.3 is 6.09 Å². The van der Waals surface area contributed by atoms with E-state index in [0.717, 1.165) is 35.1 Å². The van der Waals surface area contributed by atoms with Gasteiger partial charge in [-0.05, 0) is 74.4 Å². The number of fused-ring (bicyclic) bond motifs is 4. The maximum absolute atomic E-state index is 14.0. The summed E-state index contributed by atoms with van der Waals surface area (Å²) >= 11 is 6.61. The van der Waals surface area contributed by atoms with E-state index in [2.05, 4.69) is 17.6 Å². The summed E-state index contributed by atoms with van der Waals surface area (Å²) in [6.45, 7) is 4.42. The van der Waals surface area contributed by atoms with Gasteiger partial charge in [-0.15, -0.1) is 0 Å². The van der Waals surface area contributed by atoms with Gasteiger partial charge in [-0.25, -0.2) is 9.78 Å². The van der Waals surface area contributed by atoms with Gasteiger partial charge in [0, 0.05) is 41.4 Å². The molecule has 2 N–H and O–H groups in total. The van der Waals surface area contributed by atoms with Gasteiger partial charge in [-0.2, -0.15) is 0 Å². The number of pyridine rings is 1. The van der Waals surface area contributed by atoms with Crippen molar-refractivity contribution in [3.8, 4) is 17.0 Å². The van der Waals surface area contributed by atoms with Crippen LogP contribution in [0.2, 0.25) is 0 Å². The molecule has 1 aliphatic carbocycles. The summed E-state index contributed by atoms with van der Waals surface area (Å²) in [5, 5.41) is 6.22. The van der Waals surface area contributed by atoms with Crippen LogP contribution in [-0.2, 0) is 19.1 Å². The van der Waals surface area contributed by atoms with E-state index in [1.807, 2.05) is 36.1 Å². The largest absolute Gasteiger partial charge is 0.495 e. The van der Waals surface area contributed by atoms with Gasteiger partial charge in [0.2, 0.25) is 17.7 Å². The number of ether oxygens (including phenoxy) is 3. The lowest BCUT2D eigenvalue weighted by atomic mass is 9.89. The van der Waals surface area contributed by atoms with Crippen molar-refractivity contribution in [3.05, 3.63) is 81.8 Å². The number of carbonyl (C=O) groups is 3. The monoisotopic (exact) mass is 660 g/mol. The second-order valence-electron chi connectivity index (χ2n) is 12.0. The smallest absolute Gasteiger partial charge is 0.411 e. The third-order valence-electron chi connectivity index (χ3n) is 8.88. The van der Waals surface area contributed by atoms with Crippen molar-refractivity contribution in [1.82, 2.24) is 9.88 Å². The number of amides is 3. The minimum atomic E-state index is -0.618. The zero-order valence-electron chi connectivity index (χ0n) is 27.4. The molecule has 5 rings (SSSR count). The van der Waals surface area contributed by atoms with Crippen LogP contribution in [0.1, 0.15) is 64.1 Å². The minimum absolute atomic E-state index is 0.122. The van der Waals surface area contributed by atoms with E-state index in [-0.39, 0.29) is 23.8 Å². The van der Waals surface area contributed by atoms with Gasteiger partial charge in [-0.1, -0.05) is 42.7 Å². The molecule has 2 aliphatic heterocycles. The predicted molar refractivity (Wildman–Crippen MR) is 182 cm³/mol. The zero-order chi connectivity index (χ0) is 33.7. The first-order chi connectivity index (χ1) is 22.6. The molecule has 11 heteroatoms. The summed E-state index contributed by atoms with van der Waals surface area (Å²) in [4.78, 5) is 46.0. The number of aromatic nitrogens is 1. The molecule has 1 aromatic carbocycles. The highest BCUT2D eigenvalue weighted by Crippen LogP contribution is 2.40. The molecule has 0 radical (unpaired) electrons. The maximum Gasteiger partial charge on any atom is 0.411 e. The first-order valence-electron chi connectivity index (χ1n) is 15.8. The Morgan fingerprint density at radius 3 is 2.62 bits per heavy atom. The quantitative estimate of drug-likeness (QED) is 0.338. The van der Waals surface area contributed by atoms with Crippen molar-refractivity contribution in [2.75, 3.05) is 38.5 Å². The number of nitrogens with zero attached hydrogens (tertiary/aromatic N) is 2. The second kappa shape index (κ2) is 14.9. The number of methoxy groups -OCH3 is 3. The van der Waals surface area contributed by atoms with E-state index >= 15 is 0 Å². The van der Waals surface area contributed by atoms with Crippen molar-refractivity contribution < 1.29 is 28.6 Å². The molecular formula is C36H41ClN4O6. The third kappa shape index (κ3) is 7.54. The van der Waals surface area contributed by atoms with Crippen LogP contribution in [0.3, 0.4) is 0 Å². The number of allylic oxidation sites excluding steroid dienone is 5. The SMILES string of the molecule is COC(=O)Nc1ccc2c(c1)NC(=O)C(C)CCCC(N1CCC(C3=C(C)CCC=CC(Cl)=C3OC)=CC1=O)c1cc-2cc(OC)n1. The fraction of sp³-hybridized carbons (Fsp3) is 0.389. The normalized spacial score (nSPS) is 20.6. The van der Waals surface area contributed by atoms with Crippen LogP contribution >= 0.6 is 11.6 Å². The highest BCUT2D eigenvalue weighted by molar-refractivity contribution is 6.31. The Bertz CT molecular complexity index is 1690. The van der Waals surface area contributed by atoms with Gasteiger partial charge in [0.05, 0.1) is 43.8 Å². The molecule has 0 spiro atoms. The van der Waals surface area contributed by atoms with E-state index in [1.165, 1.54) is 7.11 Å². The Kier molecular flexibility index (Phi) is 10.7. The number of anilines is 2. The summed E-state index contributed by atoms with van der Waals surface area (Å²) in [5.74, 6) is 0.407. The molecule has 0 saturated carbocycles. The predicted octanol–water partition coefficient (Wildman–Crippen LogP) is 7.66. The van der Waals surface area contributed by atoms with E-state index in [4.69, 9.17) is 30.8 Å². The van der Waals surface area contributed by atoms with Crippen LogP contribution in [0.4, 0.5) is 16.2 Å². The Morgan fingerprint density at radius 1 is 1.09 bits per heavy atom. The van der Waals surface area contributed by atoms with E-state index < -0.39 is 6.09 Å². The Morgan fingerprint density at radius 2 is 1.89 bits per heavy atom. The molecule has 1 aromatic heterocycles. The second-order valence-corrected chi connectivity index (χ2v) is 12.4. The molecule has 248 valence electrons. The Labute approximate surface area is 280 Å². The molecule has 0 saturated heterocycles. The number of nitrogens with one attached hydrogen (secondary N) is 2. The van der Waals surface area contributed by atoms with Crippen LogP contribution in [-0.4, -0.2) is 55.7 Å². The van der Waals surface area contributed by atoms with Crippen LogP contribution in [0.25, 0.3) is 11.1 Å².